The molecule has 92 valence electrons. The van der Waals surface area contributed by atoms with E-state index in [0.29, 0.717) is 5.92 Å². The summed E-state index contributed by atoms with van der Waals surface area (Å²) >= 11 is 3.47. The van der Waals surface area contributed by atoms with Gasteiger partial charge in [0.05, 0.1) is 5.92 Å². The fraction of sp³-hybridized carbons (Fsp3) is 0.462. The molecule has 2 rings (SSSR count). The van der Waals surface area contributed by atoms with E-state index in [1.807, 2.05) is 25.1 Å². The Balaban J connectivity index is 2.10. The summed E-state index contributed by atoms with van der Waals surface area (Å²) in [6.07, 6.45) is 0. The van der Waals surface area contributed by atoms with Crippen molar-refractivity contribution in [3.05, 3.63) is 28.2 Å². The van der Waals surface area contributed by atoms with Gasteiger partial charge in [0, 0.05) is 16.7 Å². The lowest BCUT2D eigenvalue weighted by Crippen LogP contribution is -2.28. The molecule has 3 nitrogen and oxygen atoms in total. The van der Waals surface area contributed by atoms with E-state index in [-0.39, 0.29) is 11.8 Å². The Morgan fingerprint density at radius 3 is 2.88 bits per heavy atom. The maximum Gasteiger partial charge on any atom is 0.229 e. The van der Waals surface area contributed by atoms with Crippen molar-refractivity contribution in [1.29, 1.82) is 0 Å². The van der Waals surface area contributed by atoms with Crippen LogP contribution in [0.4, 0.5) is 5.69 Å². The molecule has 1 aliphatic heterocycles. The number of benzene rings is 1. The summed E-state index contributed by atoms with van der Waals surface area (Å²) in [5, 5.41) is 6.26. The average Bonchev–Trinajstić information content (AvgIpc) is 2.71. The van der Waals surface area contributed by atoms with Crippen LogP contribution in [0, 0.1) is 18.8 Å². The van der Waals surface area contributed by atoms with Crippen molar-refractivity contribution >= 4 is 27.5 Å². The molecule has 0 spiro atoms. The third-order valence-electron chi connectivity index (χ3n) is 3.38. The lowest BCUT2D eigenvalue weighted by Gasteiger charge is -2.16. The van der Waals surface area contributed by atoms with E-state index in [1.54, 1.807) is 0 Å². The van der Waals surface area contributed by atoms with Gasteiger partial charge in [-0.1, -0.05) is 28.9 Å². The van der Waals surface area contributed by atoms with Crippen molar-refractivity contribution in [3.8, 4) is 0 Å². The zero-order chi connectivity index (χ0) is 12.4. The summed E-state index contributed by atoms with van der Waals surface area (Å²) in [5.41, 5.74) is 1.96. The van der Waals surface area contributed by atoms with Gasteiger partial charge in [-0.3, -0.25) is 4.79 Å². The molecule has 2 unspecified atom stereocenters. The maximum atomic E-state index is 12.1. The fourth-order valence-corrected chi connectivity index (χ4v) is 2.50. The van der Waals surface area contributed by atoms with Crippen LogP contribution in [0.2, 0.25) is 0 Å². The Kier molecular flexibility index (Phi) is 3.84. The molecule has 1 saturated heterocycles. The molecule has 2 N–H and O–H groups in total. The number of carbonyl (C=O) groups excluding carboxylic acids is 1. The van der Waals surface area contributed by atoms with Crippen LogP contribution in [0.25, 0.3) is 0 Å². The molecule has 17 heavy (non-hydrogen) atoms. The lowest BCUT2D eigenvalue weighted by atomic mass is 9.97. The first kappa shape index (κ1) is 12.6. The Bertz CT molecular complexity index is 433. The van der Waals surface area contributed by atoms with E-state index in [1.165, 1.54) is 0 Å². The zero-order valence-electron chi connectivity index (χ0n) is 10.1. The van der Waals surface area contributed by atoms with Crippen LogP contribution in [-0.2, 0) is 4.79 Å². The van der Waals surface area contributed by atoms with Crippen LogP contribution in [0.1, 0.15) is 12.5 Å². The molecule has 0 bridgehead atoms. The second-order valence-electron chi connectivity index (χ2n) is 4.64. The molecule has 4 heteroatoms. The second-order valence-corrected chi connectivity index (χ2v) is 5.50. The highest BCUT2D eigenvalue weighted by Gasteiger charge is 2.29. The Morgan fingerprint density at radius 2 is 2.24 bits per heavy atom. The molecule has 1 aliphatic rings. The van der Waals surface area contributed by atoms with E-state index >= 15 is 0 Å². The molecule has 1 fully saturated rings. The number of anilines is 1. The minimum Gasteiger partial charge on any atom is -0.326 e. The van der Waals surface area contributed by atoms with Crippen LogP contribution < -0.4 is 10.6 Å². The second kappa shape index (κ2) is 5.19. The first-order valence-electron chi connectivity index (χ1n) is 5.86. The van der Waals surface area contributed by atoms with E-state index in [9.17, 15) is 4.79 Å². The van der Waals surface area contributed by atoms with Gasteiger partial charge in [0.15, 0.2) is 0 Å². The predicted octanol–water partition coefficient (Wildman–Crippen LogP) is 2.55. The highest BCUT2D eigenvalue weighted by Crippen LogP contribution is 2.25. The quantitative estimate of drug-likeness (QED) is 0.881. The molecular weight excluding hydrogens is 280 g/mol. The fourth-order valence-electron chi connectivity index (χ4n) is 2.13. The number of amides is 1. The predicted molar refractivity (Wildman–Crippen MR) is 73.0 cm³/mol. The maximum absolute atomic E-state index is 12.1. The van der Waals surface area contributed by atoms with Crippen LogP contribution in [-0.4, -0.2) is 19.0 Å². The van der Waals surface area contributed by atoms with Gasteiger partial charge in [0.25, 0.3) is 0 Å². The molecule has 1 aromatic carbocycles. The van der Waals surface area contributed by atoms with Gasteiger partial charge in [-0.15, -0.1) is 0 Å². The molecule has 2 atom stereocenters. The Hall–Kier alpha value is -0.870. The van der Waals surface area contributed by atoms with E-state index in [4.69, 9.17) is 0 Å². The lowest BCUT2D eigenvalue weighted by molar-refractivity contribution is -0.120. The van der Waals surface area contributed by atoms with Gasteiger partial charge < -0.3 is 10.6 Å². The minimum atomic E-state index is 0.0772. The number of halogens is 1. The van der Waals surface area contributed by atoms with Crippen molar-refractivity contribution in [2.24, 2.45) is 11.8 Å². The van der Waals surface area contributed by atoms with Crippen molar-refractivity contribution < 1.29 is 4.79 Å². The Labute approximate surface area is 110 Å². The Morgan fingerprint density at radius 1 is 1.47 bits per heavy atom. The number of hydrogen-bond acceptors (Lipinski definition) is 2. The summed E-state index contributed by atoms with van der Waals surface area (Å²) in [5.74, 6) is 0.597. The molecule has 0 aromatic heterocycles. The molecule has 0 radical (unpaired) electrons. The normalized spacial score (nSPS) is 23.7. The third kappa shape index (κ3) is 2.69. The molecule has 1 aromatic rings. The highest BCUT2D eigenvalue weighted by molar-refractivity contribution is 9.10. The standard InChI is InChI=1S/C13H17BrN2O/c1-8-6-15-7-10(8)13(17)16-12-5-3-4-11(14)9(12)2/h3-5,8,10,15H,6-7H2,1-2H3,(H,16,17). The van der Waals surface area contributed by atoms with Crippen LogP contribution in [0.15, 0.2) is 22.7 Å². The molecule has 1 heterocycles. The van der Waals surface area contributed by atoms with Crippen molar-refractivity contribution in [3.63, 3.8) is 0 Å². The smallest absolute Gasteiger partial charge is 0.229 e. The first-order valence-corrected chi connectivity index (χ1v) is 6.65. The number of carbonyl (C=O) groups is 1. The molecular formula is C13H17BrN2O. The van der Waals surface area contributed by atoms with E-state index < -0.39 is 0 Å². The summed E-state index contributed by atoms with van der Waals surface area (Å²) in [4.78, 5) is 12.1. The van der Waals surface area contributed by atoms with Crippen LogP contribution in [0.5, 0.6) is 0 Å². The minimum absolute atomic E-state index is 0.0772. The summed E-state index contributed by atoms with van der Waals surface area (Å²) in [6.45, 7) is 5.81. The number of rotatable bonds is 2. The summed E-state index contributed by atoms with van der Waals surface area (Å²) < 4.78 is 1.02. The van der Waals surface area contributed by atoms with Crippen molar-refractivity contribution in [2.75, 3.05) is 18.4 Å². The summed E-state index contributed by atoms with van der Waals surface area (Å²) in [6, 6.07) is 5.85. The molecule has 0 saturated carbocycles. The van der Waals surface area contributed by atoms with Crippen LogP contribution in [0.3, 0.4) is 0 Å². The van der Waals surface area contributed by atoms with Gasteiger partial charge in [-0.2, -0.15) is 0 Å². The topological polar surface area (TPSA) is 41.1 Å². The first-order chi connectivity index (χ1) is 8.09. The monoisotopic (exact) mass is 296 g/mol. The molecule has 0 aliphatic carbocycles. The molecule has 1 amide bonds. The average molecular weight is 297 g/mol. The number of hydrogen-bond donors (Lipinski definition) is 2. The number of nitrogens with one attached hydrogen (secondary N) is 2. The van der Waals surface area contributed by atoms with Gasteiger partial charge in [-0.25, -0.2) is 0 Å². The SMILES string of the molecule is Cc1c(Br)cccc1NC(=O)C1CNCC1C. The van der Waals surface area contributed by atoms with E-state index in [2.05, 4.69) is 33.5 Å². The third-order valence-corrected chi connectivity index (χ3v) is 4.24. The van der Waals surface area contributed by atoms with Gasteiger partial charge in [-0.05, 0) is 37.1 Å². The largest absolute Gasteiger partial charge is 0.326 e. The van der Waals surface area contributed by atoms with Crippen molar-refractivity contribution in [2.45, 2.75) is 13.8 Å². The highest BCUT2D eigenvalue weighted by atomic mass is 79.9. The van der Waals surface area contributed by atoms with Gasteiger partial charge in [0.1, 0.15) is 0 Å². The summed E-state index contributed by atoms with van der Waals surface area (Å²) in [7, 11) is 0. The van der Waals surface area contributed by atoms with Crippen LogP contribution >= 0.6 is 15.9 Å². The van der Waals surface area contributed by atoms with E-state index in [0.717, 1.165) is 28.8 Å². The zero-order valence-corrected chi connectivity index (χ0v) is 11.7. The van der Waals surface area contributed by atoms with Gasteiger partial charge in [0.2, 0.25) is 5.91 Å². The van der Waals surface area contributed by atoms with Crippen molar-refractivity contribution in [1.82, 2.24) is 5.32 Å². The van der Waals surface area contributed by atoms with Gasteiger partial charge >= 0.3 is 0 Å².